The standard InChI is InChI=1S/C15H21N3/c1-2-12-7-8-18(15(9-12)11-17)14-5-3-13(10-16)4-6-14/h3-6,12,15H,2,7-9,11,17H2,1H3. The minimum Gasteiger partial charge on any atom is -0.367 e. The number of hydrogen-bond acceptors (Lipinski definition) is 3. The SMILES string of the molecule is CCC1CCN(c2ccc(C#N)cc2)C(CN)C1. The topological polar surface area (TPSA) is 53.0 Å². The van der Waals surface area contributed by atoms with E-state index in [0.717, 1.165) is 12.5 Å². The fraction of sp³-hybridized carbons (Fsp3) is 0.533. The number of piperidine rings is 1. The Morgan fingerprint density at radius 2 is 2.11 bits per heavy atom. The molecule has 1 aromatic carbocycles. The number of nitriles is 1. The van der Waals surface area contributed by atoms with Gasteiger partial charge in [0.05, 0.1) is 11.6 Å². The molecule has 0 radical (unpaired) electrons. The minimum absolute atomic E-state index is 0.441. The van der Waals surface area contributed by atoms with Gasteiger partial charge in [0.2, 0.25) is 0 Å². The van der Waals surface area contributed by atoms with Crippen LogP contribution in [0.2, 0.25) is 0 Å². The molecule has 96 valence electrons. The van der Waals surface area contributed by atoms with Crippen LogP contribution in [0.1, 0.15) is 31.7 Å². The molecule has 1 fully saturated rings. The van der Waals surface area contributed by atoms with Gasteiger partial charge in [-0.25, -0.2) is 0 Å². The molecule has 2 atom stereocenters. The average molecular weight is 243 g/mol. The third-order valence-corrected chi connectivity index (χ3v) is 4.00. The largest absolute Gasteiger partial charge is 0.367 e. The summed E-state index contributed by atoms with van der Waals surface area (Å²) >= 11 is 0. The maximum atomic E-state index is 8.82. The van der Waals surface area contributed by atoms with E-state index < -0.39 is 0 Å². The molecule has 0 bridgehead atoms. The zero-order valence-corrected chi connectivity index (χ0v) is 11.0. The van der Waals surface area contributed by atoms with Crippen molar-refractivity contribution in [2.45, 2.75) is 32.2 Å². The van der Waals surface area contributed by atoms with Crippen LogP contribution in [0, 0.1) is 17.2 Å². The van der Waals surface area contributed by atoms with Gasteiger partial charge in [-0.15, -0.1) is 0 Å². The second-order valence-corrected chi connectivity index (χ2v) is 5.04. The molecule has 0 aliphatic carbocycles. The number of nitrogens with two attached hydrogens (primary N) is 1. The summed E-state index contributed by atoms with van der Waals surface area (Å²) in [6.45, 7) is 4.04. The van der Waals surface area contributed by atoms with Gasteiger partial charge in [0.15, 0.2) is 0 Å². The van der Waals surface area contributed by atoms with Gasteiger partial charge in [0.1, 0.15) is 0 Å². The highest BCUT2D eigenvalue weighted by atomic mass is 15.2. The molecule has 2 rings (SSSR count). The lowest BCUT2D eigenvalue weighted by atomic mass is 9.88. The Bertz CT molecular complexity index is 418. The van der Waals surface area contributed by atoms with Gasteiger partial charge in [-0.1, -0.05) is 13.3 Å². The van der Waals surface area contributed by atoms with Crippen LogP contribution in [0.5, 0.6) is 0 Å². The molecule has 0 aromatic heterocycles. The van der Waals surface area contributed by atoms with Crippen molar-refractivity contribution in [1.29, 1.82) is 5.26 Å². The second-order valence-electron chi connectivity index (χ2n) is 5.04. The lowest BCUT2D eigenvalue weighted by Crippen LogP contribution is -2.46. The molecule has 2 unspecified atom stereocenters. The summed E-state index contributed by atoms with van der Waals surface area (Å²) in [7, 11) is 0. The van der Waals surface area contributed by atoms with E-state index in [0.29, 0.717) is 18.2 Å². The van der Waals surface area contributed by atoms with Gasteiger partial charge >= 0.3 is 0 Å². The summed E-state index contributed by atoms with van der Waals surface area (Å²) in [6.07, 6.45) is 3.68. The van der Waals surface area contributed by atoms with E-state index in [1.54, 1.807) is 0 Å². The summed E-state index contributed by atoms with van der Waals surface area (Å²) < 4.78 is 0. The molecular weight excluding hydrogens is 222 g/mol. The quantitative estimate of drug-likeness (QED) is 0.887. The summed E-state index contributed by atoms with van der Waals surface area (Å²) in [5.41, 5.74) is 7.82. The third-order valence-electron chi connectivity index (χ3n) is 4.00. The van der Waals surface area contributed by atoms with E-state index in [2.05, 4.69) is 17.9 Å². The molecule has 1 heterocycles. The Kier molecular flexibility index (Phi) is 4.22. The fourth-order valence-corrected chi connectivity index (χ4v) is 2.80. The first-order chi connectivity index (χ1) is 8.78. The average Bonchev–Trinajstić information content (AvgIpc) is 2.46. The molecule has 0 amide bonds. The third kappa shape index (κ3) is 2.65. The smallest absolute Gasteiger partial charge is 0.0991 e. The van der Waals surface area contributed by atoms with E-state index in [1.165, 1.54) is 24.9 Å². The molecule has 3 heteroatoms. The molecule has 0 spiro atoms. The molecule has 2 N–H and O–H groups in total. The van der Waals surface area contributed by atoms with Crippen LogP contribution in [-0.4, -0.2) is 19.1 Å². The van der Waals surface area contributed by atoms with Crippen LogP contribution < -0.4 is 10.6 Å². The lowest BCUT2D eigenvalue weighted by Gasteiger charge is -2.40. The van der Waals surface area contributed by atoms with Gasteiger partial charge in [-0.2, -0.15) is 5.26 Å². The first-order valence-electron chi connectivity index (χ1n) is 6.75. The lowest BCUT2D eigenvalue weighted by molar-refractivity contribution is 0.336. The van der Waals surface area contributed by atoms with Crippen LogP contribution in [-0.2, 0) is 0 Å². The fourth-order valence-electron chi connectivity index (χ4n) is 2.80. The van der Waals surface area contributed by atoms with Gasteiger partial charge in [0.25, 0.3) is 0 Å². The van der Waals surface area contributed by atoms with E-state index in [4.69, 9.17) is 11.0 Å². The molecular formula is C15H21N3. The maximum Gasteiger partial charge on any atom is 0.0991 e. The molecule has 1 saturated heterocycles. The Hall–Kier alpha value is -1.53. The van der Waals surface area contributed by atoms with Crippen molar-refractivity contribution in [2.24, 2.45) is 11.7 Å². The number of benzene rings is 1. The summed E-state index contributed by atoms with van der Waals surface area (Å²) in [5.74, 6) is 0.813. The van der Waals surface area contributed by atoms with Crippen molar-refractivity contribution in [1.82, 2.24) is 0 Å². The predicted molar refractivity (Wildman–Crippen MR) is 74.4 cm³/mol. The Morgan fingerprint density at radius 3 is 2.67 bits per heavy atom. The van der Waals surface area contributed by atoms with E-state index >= 15 is 0 Å². The summed E-state index contributed by atoms with van der Waals surface area (Å²) in [5, 5.41) is 8.82. The van der Waals surface area contributed by atoms with Crippen LogP contribution in [0.25, 0.3) is 0 Å². The number of rotatable bonds is 3. The Balaban J connectivity index is 2.13. The van der Waals surface area contributed by atoms with Crippen molar-refractivity contribution in [3.05, 3.63) is 29.8 Å². The summed E-state index contributed by atoms with van der Waals surface area (Å²) in [4.78, 5) is 2.40. The number of hydrogen-bond donors (Lipinski definition) is 1. The monoisotopic (exact) mass is 243 g/mol. The highest BCUT2D eigenvalue weighted by molar-refractivity contribution is 5.51. The predicted octanol–water partition coefficient (Wildman–Crippen LogP) is 2.51. The summed E-state index contributed by atoms with van der Waals surface area (Å²) in [6, 6.07) is 10.4. The Labute approximate surface area is 109 Å². The molecule has 1 aromatic rings. The first kappa shape index (κ1) is 12.9. The highest BCUT2D eigenvalue weighted by Crippen LogP contribution is 2.29. The van der Waals surface area contributed by atoms with Crippen LogP contribution in [0.4, 0.5) is 5.69 Å². The van der Waals surface area contributed by atoms with Crippen LogP contribution >= 0.6 is 0 Å². The molecule has 3 nitrogen and oxygen atoms in total. The normalized spacial score (nSPS) is 23.7. The van der Waals surface area contributed by atoms with Crippen molar-refractivity contribution in [2.75, 3.05) is 18.0 Å². The van der Waals surface area contributed by atoms with Gasteiger partial charge < -0.3 is 10.6 Å². The van der Waals surface area contributed by atoms with Gasteiger partial charge in [-0.3, -0.25) is 0 Å². The van der Waals surface area contributed by atoms with Crippen LogP contribution in [0.15, 0.2) is 24.3 Å². The second kappa shape index (κ2) is 5.88. The van der Waals surface area contributed by atoms with E-state index in [9.17, 15) is 0 Å². The maximum absolute atomic E-state index is 8.82. The molecule has 18 heavy (non-hydrogen) atoms. The molecule has 1 aliphatic heterocycles. The van der Waals surface area contributed by atoms with Crippen molar-refractivity contribution >= 4 is 5.69 Å². The van der Waals surface area contributed by atoms with Gasteiger partial charge in [-0.05, 0) is 43.0 Å². The minimum atomic E-state index is 0.441. The van der Waals surface area contributed by atoms with Crippen molar-refractivity contribution in [3.8, 4) is 6.07 Å². The number of nitrogens with zero attached hydrogens (tertiary/aromatic N) is 2. The zero-order chi connectivity index (χ0) is 13.0. The van der Waals surface area contributed by atoms with Gasteiger partial charge in [0, 0.05) is 24.8 Å². The Morgan fingerprint density at radius 1 is 1.39 bits per heavy atom. The van der Waals surface area contributed by atoms with E-state index in [1.807, 2.05) is 24.3 Å². The van der Waals surface area contributed by atoms with Crippen LogP contribution in [0.3, 0.4) is 0 Å². The highest BCUT2D eigenvalue weighted by Gasteiger charge is 2.26. The van der Waals surface area contributed by atoms with E-state index in [-0.39, 0.29) is 0 Å². The molecule has 0 saturated carbocycles. The number of anilines is 1. The molecule has 1 aliphatic rings. The van der Waals surface area contributed by atoms with Crippen molar-refractivity contribution < 1.29 is 0 Å². The zero-order valence-electron chi connectivity index (χ0n) is 11.0. The van der Waals surface area contributed by atoms with Crippen molar-refractivity contribution in [3.63, 3.8) is 0 Å². The first-order valence-corrected chi connectivity index (χ1v) is 6.75.